The summed E-state index contributed by atoms with van der Waals surface area (Å²) in [6.45, 7) is 1.88. The zero-order valence-corrected chi connectivity index (χ0v) is 9.44. The topological polar surface area (TPSA) is 52.6 Å². The molecule has 0 saturated carbocycles. The van der Waals surface area contributed by atoms with Crippen LogP contribution < -0.4 is 0 Å². The predicted molar refractivity (Wildman–Crippen MR) is 58.2 cm³/mol. The highest BCUT2D eigenvalue weighted by Gasteiger charge is 2.25. The third-order valence-corrected chi connectivity index (χ3v) is 1.90. The minimum Gasteiger partial charge on any atom is -0.463 e. The van der Waals surface area contributed by atoms with Crippen molar-refractivity contribution in [1.29, 1.82) is 0 Å². The summed E-state index contributed by atoms with van der Waals surface area (Å²) in [5, 5.41) is 0. The molecule has 86 valence electrons. The van der Waals surface area contributed by atoms with Crippen molar-refractivity contribution in [3.63, 3.8) is 0 Å². The Kier molecular flexibility index (Phi) is 4.79. The molecule has 1 rings (SSSR count). The lowest BCUT2D eigenvalue weighted by atomic mass is 10.1. The number of halogens is 1. The largest absolute Gasteiger partial charge is 0.463 e. The van der Waals surface area contributed by atoms with Crippen LogP contribution in [0.5, 0.6) is 0 Å². The Morgan fingerprint density at radius 2 is 1.94 bits per heavy atom. The molecule has 0 heterocycles. The molecule has 0 N–H and O–H groups in total. The normalized spacial score (nSPS) is 11.6. The predicted octanol–water partition coefficient (Wildman–Crippen LogP) is 2.67. The molecule has 0 radical (unpaired) electrons. The number of benzene rings is 1. The lowest BCUT2D eigenvalue weighted by Gasteiger charge is -2.14. The molecule has 5 heteroatoms. The lowest BCUT2D eigenvalue weighted by molar-refractivity contribution is -0.153. The van der Waals surface area contributed by atoms with Crippen LogP contribution in [0.15, 0.2) is 30.3 Å². The van der Waals surface area contributed by atoms with E-state index >= 15 is 0 Å². The maximum absolute atomic E-state index is 11.5. The second-order valence-corrected chi connectivity index (χ2v) is 3.21. The second kappa shape index (κ2) is 6.12. The molecule has 16 heavy (non-hydrogen) atoms. The van der Waals surface area contributed by atoms with Gasteiger partial charge in [-0.1, -0.05) is 30.3 Å². The van der Waals surface area contributed by atoms with Crippen LogP contribution in [-0.4, -0.2) is 18.0 Å². The number of hydrogen-bond acceptors (Lipinski definition) is 4. The highest BCUT2D eigenvalue weighted by atomic mass is 35.5. The van der Waals surface area contributed by atoms with Crippen molar-refractivity contribution in [3.05, 3.63) is 35.9 Å². The van der Waals surface area contributed by atoms with Gasteiger partial charge in [0.15, 0.2) is 0 Å². The van der Waals surface area contributed by atoms with Gasteiger partial charge in [-0.15, -0.1) is 0 Å². The maximum Gasteiger partial charge on any atom is 0.404 e. The summed E-state index contributed by atoms with van der Waals surface area (Å²) in [5.74, 6) is -0.636. The van der Waals surface area contributed by atoms with Gasteiger partial charge >= 0.3 is 11.4 Å². The van der Waals surface area contributed by atoms with Gasteiger partial charge in [-0.05, 0) is 6.92 Å². The van der Waals surface area contributed by atoms with Crippen molar-refractivity contribution in [3.8, 4) is 0 Å². The molecule has 0 aliphatic carbocycles. The van der Waals surface area contributed by atoms with E-state index in [0.29, 0.717) is 5.56 Å². The number of ether oxygens (including phenoxy) is 2. The maximum atomic E-state index is 11.5. The molecule has 0 bridgehead atoms. The molecule has 0 aromatic heterocycles. The molecule has 1 atom stereocenters. The van der Waals surface area contributed by atoms with Gasteiger partial charge in [0, 0.05) is 17.2 Å². The van der Waals surface area contributed by atoms with Crippen LogP contribution in [0.3, 0.4) is 0 Å². The fourth-order valence-electron chi connectivity index (χ4n) is 1.19. The third-order valence-electron chi connectivity index (χ3n) is 1.81. The summed E-state index contributed by atoms with van der Waals surface area (Å²) >= 11 is 5.10. The van der Waals surface area contributed by atoms with E-state index in [-0.39, 0.29) is 6.61 Å². The van der Waals surface area contributed by atoms with Crippen molar-refractivity contribution >= 4 is 23.0 Å². The summed E-state index contributed by atoms with van der Waals surface area (Å²) in [6, 6.07) is 8.55. The second-order valence-electron chi connectivity index (χ2n) is 2.90. The Morgan fingerprint density at radius 1 is 1.31 bits per heavy atom. The quantitative estimate of drug-likeness (QED) is 0.602. The van der Waals surface area contributed by atoms with Gasteiger partial charge in [0.05, 0.1) is 6.61 Å². The fraction of sp³-hybridized carbons (Fsp3) is 0.273. The van der Waals surface area contributed by atoms with E-state index in [1.165, 1.54) is 0 Å². The van der Waals surface area contributed by atoms with Crippen LogP contribution in [0.4, 0.5) is 4.79 Å². The molecule has 0 aliphatic rings. The lowest BCUT2D eigenvalue weighted by Crippen LogP contribution is -2.19. The Morgan fingerprint density at radius 3 is 2.44 bits per heavy atom. The number of hydrogen-bond donors (Lipinski definition) is 0. The monoisotopic (exact) mass is 242 g/mol. The van der Waals surface area contributed by atoms with Gasteiger partial charge in [0.2, 0.25) is 6.10 Å². The summed E-state index contributed by atoms with van der Waals surface area (Å²) in [7, 11) is 0. The van der Waals surface area contributed by atoms with Crippen LogP contribution in [0.2, 0.25) is 0 Å². The molecule has 0 saturated heterocycles. The van der Waals surface area contributed by atoms with Crippen LogP contribution in [0.25, 0.3) is 0 Å². The standard InChI is InChI=1S/C11H11ClO4/c1-2-15-10(13)9(16-11(12)14)8-6-4-3-5-7-8/h3-7,9H,2H2,1H3/t9-/m0/s1. The minimum atomic E-state index is -1.11. The van der Waals surface area contributed by atoms with Crippen molar-refractivity contribution in [2.75, 3.05) is 6.61 Å². The van der Waals surface area contributed by atoms with E-state index in [4.69, 9.17) is 21.1 Å². The zero-order valence-electron chi connectivity index (χ0n) is 8.68. The van der Waals surface area contributed by atoms with E-state index in [1.807, 2.05) is 0 Å². The zero-order chi connectivity index (χ0) is 12.0. The van der Waals surface area contributed by atoms with Crippen molar-refractivity contribution < 1.29 is 19.1 Å². The summed E-state index contributed by atoms with van der Waals surface area (Å²) in [4.78, 5) is 22.2. The first-order valence-corrected chi connectivity index (χ1v) is 5.10. The molecular weight excluding hydrogens is 232 g/mol. The first-order chi connectivity index (χ1) is 7.65. The van der Waals surface area contributed by atoms with Gasteiger partial charge in [-0.3, -0.25) is 0 Å². The number of rotatable bonds is 4. The van der Waals surface area contributed by atoms with Crippen molar-refractivity contribution in [1.82, 2.24) is 0 Å². The number of esters is 1. The van der Waals surface area contributed by atoms with E-state index < -0.39 is 17.5 Å². The van der Waals surface area contributed by atoms with E-state index in [1.54, 1.807) is 37.3 Å². The van der Waals surface area contributed by atoms with Gasteiger partial charge in [0.25, 0.3) is 0 Å². The van der Waals surface area contributed by atoms with Gasteiger partial charge < -0.3 is 9.47 Å². The Bertz CT molecular complexity index is 364. The van der Waals surface area contributed by atoms with Gasteiger partial charge in [-0.25, -0.2) is 9.59 Å². The smallest absolute Gasteiger partial charge is 0.404 e. The summed E-state index contributed by atoms with van der Waals surface area (Å²) < 4.78 is 9.49. The van der Waals surface area contributed by atoms with Crippen molar-refractivity contribution in [2.24, 2.45) is 0 Å². The number of carbonyl (C=O) groups is 2. The van der Waals surface area contributed by atoms with Gasteiger partial charge in [-0.2, -0.15) is 0 Å². The van der Waals surface area contributed by atoms with E-state index in [0.717, 1.165) is 0 Å². The first-order valence-electron chi connectivity index (χ1n) is 4.72. The molecular formula is C11H11ClO4. The van der Waals surface area contributed by atoms with Crippen LogP contribution in [0.1, 0.15) is 18.6 Å². The average molecular weight is 243 g/mol. The third kappa shape index (κ3) is 3.55. The Labute approximate surface area is 98.1 Å². The van der Waals surface area contributed by atoms with Crippen LogP contribution in [-0.2, 0) is 14.3 Å². The summed E-state index contributed by atoms with van der Waals surface area (Å²) in [5.41, 5.74) is -0.517. The molecule has 0 amide bonds. The molecule has 0 fully saturated rings. The van der Waals surface area contributed by atoms with Crippen LogP contribution >= 0.6 is 11.6 Å². The minimum absolute atomic E-state index is 0.210. The Balaban J connectivity index is 2.87. The first kappa shape index (κ1) is 12.5. The highest BCUT2D eigenvalue weighted by Crippen LogP contribution is 2.20. The molecule has 1 aromatic rings. The van der Waals surface area contributed by atoms with Crippen LogP contribution in [0, 0.1) is 0 Å². The van der Waals surface area contributed by atoms with E-state index in [9.17, 15) is 9.59 Å². The molecule has 4 nitrogen and oxygen atoms in total. The fourth-order valence-corrected chi connectivity index (χ4v) is 1.28. The highest BCUT2D eigenvalue weighted by molar-refractivity contribution is 6.61. The Hall–Kier alpha value is -1.55. The van der Waals surface area contributed by atoms with Gasteiger partial charge in [0.1, 0.15) is 0 Å². The number of carbonyl (C=O) groups excluding carboxylic acids is 2. The SMILES string of the molecule is CCOC(=O)[C@@H](OC(=O)Cl)c1ccccc1. The molecule has 1 aromatic carbocycles. The summed E-state index contributed by atoms with van der Waals surface area (Å²) in [6.07, 6.45) is -1.11. The molecule has 0 aliphatic heterocycles. The van der Waals surface area contributed by atoms with Crippen molar-refractivity contribution in [2.45, 2.75) is 13.0 Å². The molecule has 0 spiro atoms. The average Bonchev–Trinajstić information content (AvgIpc) is 2.27. The van der Waals surface area contributed by atoms with E-state index in [2.05, 4.69) is 0 Å². The molecule has 0 unspecified atom stereocenters.